The van der Waals surface area contributed by atoms with Gasteiger partial charge < -0.3 is 19.0 Å². The van der Waals surface area contributed by atoms with Crippen molar-refractivity contribution < 1.29 is 23.8 Å². The molecule has 0 radical (unpaired) electrons. The SMILES string of the molecule is CC[C@@H](O/N=C(/OCc1ccccc1/C(=C\OC)C(=O)OC)C1CC1)c1ccccn1. The number of aromatic nitrogens is 1. The predicted octanol–water partition coefficient (Wildman–Crippen LogP) is 4.65. The fourth-order valence-electron chi connectivity index (χ4n) is 3.08. The maximum Gasteiger partial charge on any atom is 0.341 e. The number of hydrogen-bond acceptors (Lipinski definition) is 7. The molecule has 1 aromatic carbocycles. The van der Waals surface area contributed by atoms with Gasteiger partial charge in [0.1, 0.15) is 12.2 Å². The van der Waals surface area contributed by atoms with Gasteiger partial charge in [0.05, 0.1) is 26.2 Å². The van der Waals surface area contributed by atoms with Crippen LogP contribution in [0.3, 0.4) is 0 Å². The molecule has 0 unspecified atom stereocenters. The first kappa shape index (κ1) is 22.3. The minimum absolute atomic E-state index is 0.235. The summed E-state index contributed by atoms with van der Waals surface area (Å²) in [5.41, 5.74) is 2.67. The standard InChI is InChI=1S/C24H28N2O5/c1-4-22(21-11-7-8-14-25-21)31-26-23(17-12-13-17)30-15-18-9-5-6-10-19(18)20(16-28-2)24(27)29-3/h5-11,14,16-17,22H,4,12-13,15H2,1-3H3/b20-16+,26-23+/t22-/m1/s1. The third kappa shape index (κ3) is 6.07. The van der Waals surface area contributed by atoms with Crippen LogP contribution in [0.25, 0.3) is 5.57 Å². The average molecular weight is 424 g/mol. The van der Waals surface area contributed by atoms with Crippen molar-refractivity contribution in [2.45, 2.75) is 38.9 Å². The van der Waals surface area contributed by atoms with Crippen molar-refractivity contribution in [3.63, 3.8) is 0 Å². The summed E-state index contributed by atoms with van der Waals surface area (Å²) in [6.07, 6.45) is 5.66. The van der Waals surface area contributed by atoms with Crippen LogP contribution in [0.4, 0.5) is 0 Å². The van der Waals surface area contributed by atoms with Gasteiger partial charge in [0.2, 0.25) is 5.90 Å². The second-order valence-electron chi connectivity index (χ2n) is 7.17. The summed E-state index contributed by atoms with van der Waals surface area (Å²) in [5.74, 6) is 0.345. The molecule has 0 saturated heterocycles. The molecule has 1 aromatic heterocycles. The molecule has 3 rings (SSSR count). The van der Waals surface area contributed by atoms with Gasteiger partial charge in [0.25, 0.3) is 0 Å². The third-order valence-corrected chi connectivity index (χ3v) is 4.91. The van der Waals surface area contributed by atoms with Crippen LogP contribution in [-0.4, -0.2) is 31.1 Å². The number of carbonyl (C=O) groups is 1. The Morgan fingerprint density at radius 2 is 1.97 bits per heavy atom. The highest BCUT2D eigenvalue weighted by Gasteiger charge is 2.31. The molecule has 1 heterocycles. The Hall–Kier alpha value is -3.35. The molecule has 1 aliphatic rings. The van der Waals surface area contributed by atoms with Crippen molar-refractivity contribution in [3.8, 4) is 0 Å². The summed E-state index contributed by atoms with van der Waals surface area (Å²) in [6, 6.07) is 13.2. The zero-order valence-corrected chi connectivity index (χ0v) is 18.1. The molecule has 1 aliphatic carbocycles. The highest BCUT2D eigenvalue weighted by atomic mass is 16.7. The molecule has 7 heteroatoms. The maximum atomic E-state index is 12.2. The zero-order valence-electron chi connectivity index (χ0n) is 18.1. The van der Waals surface area contributed by atoms with Gasteiger partial charge >= 0.3 is 5.97 Å². The zero-order chi connectivity index (χ0) is 22.1. The van der Waals surface area contributed by atoms with Gasteiger partial charge in [-0.15, -0.1) is 0 Å². The average Bonchev–Trinajstić information content (AvgIpc) is 3.66. The number of hydrogen-bond donors (Lipinski definition) is 0. The monoisotopic (exact) mass is 424 g/mol. The van der Waals surface area contributed by atoms with Crippen LogP contribution in [0.5, 0.6) is 0 Å². The first-order chi connectivity index (χ1) is 15.2. The first-order valence-corrected chi connectivity index (χ1v) is 10.3. The summed E-state index contributed by atoms with van der Waals surface area (Å²) >= 11 is 0. The van der Waals surface area contributed by atoms with Gasteiger partial charge in [0.15, 0.2) is 6.10 Å². The molecule has 1 atom stereocenters. The summed E-state index contributed by atoms with van der Waals surface area (Å²) in [5, 5.41) is 4.33. The van der Waals surface area contributed by atoms with E-state index in [4.69, 9.17) is 19.0 Å². The third-order valence-electron chi connectivity index (χ3n) is 4.91. The summed E-state index contributed by atoms with van der Waals surface area (Å²) in [7, 11) is 2.83. The predicted molar refractivity (Wildman–Crippen MR) is 117 cm³/mol. The van der Waals surface area contributed by atoms with E-state index in [0.717, 1.165) is 30.5 Å². The van der Waals surface area contributed by atoms with Crippen molar-refractivity contribution in [3.05, 3.63) is 71.7 Å². The van der Waals surface area contributed by atoms with E-state index in [2.05, 4.69) is 10.1 Å². The number of rotatable bonds is 10. The van der Waals surface area contributed by atoms with E-state index in [9.17, 15) is 4.79 Å². The molecule has 0 bridgehead atoms. The number of carbonyl (C=O) groups excluding carboxylic acids is 1. The molecule has 2 aromatic rings. The van der Waals surface area contributed by atoms with E-state index in [1.807, 2.05) is 49.4 Å². The summed E-state index contributed by atoms with van der Waals surface area (Å²) < 4.78 is 16.0. The quantitative estimate of drug-likeness (QED) is 0.138. The second kappa shape index (κ2) is 11.2. The van der Waals surface area contributed by atoms with E-state index in [-0.39, 0.29) is 18.6 Å². The van der Waals surface area contributed by atoms with Gasteiger partial charge in [0, 0.05) is 12.1 Å². The molecule has 0 spiro atoms. The van der Waals surface area contributed by atoms with E-state index < -0.39 is 5.97 Å². The lowest BCUT2D eigenvalue weighted by molar-refractivity contribution is -0.133. The number of oxime groups is 1. The molecule has 0 N–H and O–H groups in total. The lowest BCUT2D eigenvalue weighted by atomic mass is 10.0. The number of pyridine rings is 1. The summed E-state index contributed by atoms with van der Waals surface area (Å²) in [4.78, 5) is 22.3. The van der Waals surface area contributed by atoms with Crippen LogP contribution >= 0.6 is 0 Å². The fourth-order valence-corrected chi connectivity index (χ4v) is 3.08. The molecular formula is C24H28N2O5. The van der Waals surface area contributed by atoms with Crippen LogP contribution in [0.2, 0.25) is 0 Å². The van der Waals surface area contributed by atoms with Crippen molar-refractivity contribution in [2.24, 2.45) is 11.1 Å². The Kier molecular flexibility index (Phi) is 8.04. The Bertz CT molecular complexity index is 923. The van der Waals surface area contributed by atoms with Crippen LogP contribution < -0.4 is 0 Å². The highest BCUT2D eigenvalue weighted by Crippen LogP contribution is 2.33. The maximum absolute atomic E-state index is 12.2. The number of methoxy groups -OCH3 is 2. The number of esters is 1. The van der Waals surface area contributed by atoms with E-state index in [1.165, 1.54) is 20.5 Å². The van der Waals surface area contributed by atoms with Gasteiger partial charge in [-0.25, -0.2) is 4.79 Å². The van der Waals surface area contributed by atoms with E-state index in [1.54, 1.807) is 6.20 Å². The number of ether oxygens (including phenoxy) is 3. The van der Waals surface area contributed by atoms with Crippen molar-refractivity contribution in [2.75, 3.05) is 14.2 Å². The van der Waals surface area contributed by atoms with Crippen LogP contribution in [0.1, 0.15) is 49.1 Å². The van der Waals surface area contributed by atoms with Gasteiger partial charge in [-0.1, -0.05) is 42.4 Å². The van der Waals surface area contributed by atoms with Crippen molar-refractivity contribution in [1.29, 1.82) is 0 Å². The Labute approximate surface area is 182 Å². The largest absolute Gasteiger partial charge is 0.503 e. The summed E-state index contributed by atoms with van der Waals surface area (Å²) in [6.45, 7) is 2.27. The van der Waals surface area contributed by atoms with Crippen molar-refractivity contribution in [1.82, 2.24) is 4.98 Å². The second-order valence-corrected chi connectivity index (χ2v) is 7.17. The molecule has 7 nitrogen and oxygen atoms in total. The van der Waals surface area contributed by atoms with Crippen LogP contribution in [0.15, 0.2) is 60.1 Å². The van der Waals surface area contributed by atoms with Crippen molar-refractivity contribution >= 4 is 17.4 Å². The van der Waals surface area contributed by atoms with Gasteiger partial charge in [-0.2, -0.15) is 0 Å². The lowest BCUT2D eigenvalue weighted by Crippen LogP contribution is -2.12. The molecule has 164 valence electrons. The molecule has 31 heavy (non-hydrogen) atoms. The number of nitrogens with zero attached hydrogens (tertiary/aromatic N) is 2. The van der Waals surface area contributed by atoms with Gasteiger partial charge in [-0.3, -0.25) is 4.98 Å². The molecule has 0 amide bonds. The fraction of sp³-hybridized carbons (Fsp3) is 0.375. The Morgan fingerprint density at radius 3 is 2.61 bits per heavy atom. The Balaban J connectivity index is 1.75. The lowest BCUT2D eigenvalue weighted by Gasteiger charge is -2.15. The molecule has 1 fully saturated rings. The molecule has 0 aliphatic heterocycles. The highest BCUT2D eigenvalue weighted by molar-refractivity contribution is 6.16. The molecular weight excluding hydrogens is 396 g/mol. The number of benzene rings is 1. The van der Waals surface area contributed by atoms with E-state index in [0.29, 0.717) is 17.0 Å². The van der Waals surface area contributed by atoms with Crippen LogP contribution in [0, 0.1) is 5.92 Å². The smallest absolute Gasteiger partial charge is 0.341 e. The van der Waals surface area contributed by atoms with Crippen LogP contribution in [-0.2, 0) is 30.4 Å². The van der Waals surface area contributed by atoms with Gasteiger partial charge in [-0.05, 0) is 42.5 Å². The first-order valence-electron chi connectivity index (χ1n) is 10.3. The topological polar surface area (TPSA) is 79.2 Å². The minimum Gasteiger partial charge on any atom is -0.503 e. The molecule has 1 saturated carbocycles. The Morgan fingerprint density at radius 1 is 1.19 bits per heavy atom. The minimum atomic E-state index is -0.477. The normalized spacial score (nSPS) is 15.2. The van der Waals surface area contributed by atoms with E-state index >= 15 is 0 Å².